The van der Waals surface area contributed by atoms with E-state index >= 15 is 0 Å². The first-order valence-electron chi connectivity index (χ1n) is 7.42. The Morgan fingerprint density at radius 3 is 2.82 bits per heavy atom. The molecule has 0 unspecified atom stereocenters. The van der Waals surface area contributed by atoms with Crippen LogP contribution < -0.4 is 10.9 Å². The van der Waals surface area contributed by atoms with Gasteiger partial charge >= 0.3 is 0 Å². The fourth-order valence-corrected chi connectivity index (χ4v) is 2.63. The molecule has 1 aliphatic rings. The number of hydrogen-bond acceptors (Lipinski definition) is 3. The van der Waals surface area contributed by atoms with E-state index in [0.717, 1.165) is 18.5 Å². The molecule has 4 nitrogen and oxygen atoms in total. The van der Waals surface area contributed by atoms with Gasteiger partial charge in [0, 0.05) is 18.0 Å². The standard InChI is InChI=1S/C18H19N3O/c1-12-9-14-5-3-7-17(16(14)10-13(12)2)20-21-18(22)15-6-4-8-19-11-15/h4,6-11,20H,3,5H2,1-2H3,(H,21,22). The number of carbonyl (C=O) groups excluding carboxylic acids is 1. The zero-order valence-electron chi connectivity index (χ0n) is 12.8. The monoisotopic (exact) mass is 293 g/mol. The summed E-state index contributed by atoms with van der Waals surface area (Å²) in [5, 5.41) is 0. The van der Waals surface area contributed by atoms with Gasteiger partial charge in [-0.3, -0.25) is 20.6 Å². The van der Waals surface area contributed by atoms with Gasteiger partial charge in [0.1, 0.15) is 0 Å². The summed E-state index contributed by atoms with van der Waals surface area (Å²) in [4.78, 5) is 16.0. The molecule has 0 radical (unpaired) electrons. The Labute approximate surface area is 130 Å². The van der Waals surface area contributed by atoms with Gasteiger partial charge in [-0.15, -0.1) is 0 Å². The van der Waals surface area contributed by atoms with Crippen molar-refractivity contribution in [1.29, 1.82) is 0 Å². The maximum Gasteiger partial charge on any atom is 0.271 e. The summed E-state index contributed by atoms with van der Waals surface area (Å²) in [6.45, 7) is 4.24. The Morgan fingerprint density at radius 1 is 1.23 bits per heavy atom. The first kappa shape index (κ1) is 14.3. The minimum absolute atomic E-state index is 0.190. The van der Waals surface area contributed by atoms with Crippen molar-refractivity contribution in [1.82, 2.24) is 15.8 Å². The van der Waals surface area contributed by atoms with E-state index in [0.29, 0.717) is 5.56 Å². The van der Waals surface area contributed by atoms with Crippen molar-refractivity contribution in [2.75, 3.05) is 0 Å². The molecule has 0 aliphatic heterocycles. The summed E-state index contributed by atoms with van der Waals surface area (Å²) in [5.41, 5.74) is 12.3. The van der Waals surface area contributed by atoms with Gasteiger partial charge in [-0.2, -0.15) is 0 Å². The lowest BCUT2D eigenvalue weighted by Gasteiger charge is -2.21. The van der Waals surface area contributed by atoms with Crippen LogP contribution in [0, 0.1) is 13.8 Å². The van der Waals surface area contributed by atoms with Crippen LogP contribution in [0.15, 0.2) is 42.7 Å². The number of fused-ring (bicyclic) bond motifs is 1. The number of rotatable bonds is 3. The third-order valence-corrected chi connectivity index (χ3v) is 4.01. The molecule has 2 N–H and O–H groups in total. The molecule has 0 spiro atoms. The number of hydrogen-bond donors (Lipinski definition) is 2. The molecule has 2 aromatic rings. The molecule has 0 saturated heterocycles. The Kier molecular flexibility index (Phi) is 3.92. The predicted octanol–water partition coefficient (Wildman–Crippen LogP) is 2.92. The lowest BCUT2D eigenvalue weighted by Crippen LogP contribution is -2.36. The quantitative estimate of drug-likeness (QED) is 0.856. The molecule has 1 aliphatic carbocycles. The summed E-state index contributed by atoms with van der Waals surface area (Å²) < 4.78 is 0. The molecule has 3 rings (SSSR count). The van der Waals surface area contributed by atoms with Crippen LogP contribution in [-0.2, 0) is 6.42 Å². The normalized spacial score (nSPS) is 13.1. The van der Waals surface area contributed by atoms with Gasteiger partial charge < -0.3 is 0 Å². The Morgan fingerprint density at radius 2 is 2.05 bits per heavy atom. The van der Waals surface area contributed by atoms with Crippen molar-refractivity contribution < 1.29 is 4.79 Å². The molecular weight excluding hydrogens is 274 g/mol. The topological polar surface area (TPSA) is 54.0 Å². The summed E-state index contributed by atoms with van der Waals surface area (Å²) in [6, 6.07) is 7.90. The van der Waals surface area contributed by atoms with Crippen molar-refractivity contribution >= 4 is 11.6 Å². The molecule has 0 atom stereocenters. The van der Waals surface area contributed by atoms with Crippen molar-refractivity contribution in [2.24, 2.45) is 0 Å². The number of aromatic nitrogens is 1. The van der Waals surface area contributed by atoms with Gasteiger partial charge in [0.15, 0.2) is 0 Å². The number of pyridine rings is 1. The van der Waals surface area contributed by atoms with E-state index in [1.54, 1.807) is 24.5 Å². The van der Waals surface area contributed by atoms with E-state index < -0.39 is 0 Å². The van der Waals surface area contributed by atoms with Crippen LogP contribution in [0.4, 0.5) is 0 Å². The zero-order chi connectivity index (χ0) is 15.5. The first-order chi connectivity index (χ1) is 10.6. The molecule has 112 valence electrons. The number of aryl methyl sites for hydroxylation is 3. The van der Waals surface area contributed by atoms with E-state index in [1.165, 1.54) is 22.3 Å². The smallest absolute Gasteiger partial charge is 0.271 e. The largest absolute Gasteiger partial charge is 0.298 e. The van der Waals surface area contributed by atoms with Crippen molar-refractivity contribution in [3.63, 3.8) is 0 Å². The number of carbonyl (C=O) groups is 1. The molecule has 1 heterocycles. The van der Waals surface area contributed by atoms with Crippen LogP contribution >= 0.6 is 0 Å². The lowest BCUT2D eigenvalue weighted by molar-refractivity contribution is 0.0942. The molecule has 1 amide bonds. The van der Waals surface area contributed by atoms with Crippen LogP contribution in [-0.4, -0.2) is 10.9 Å². The number of benzene rings is 1. The Bertz CT molecular complexity index is 735. The fraction of sp³-hybridized carbons (Fsp3) is 0.222. The number of hydrazine groups is 1. The van der Waals surface area contributed by atoms with Gasteiger partial charge in [0.05, 0.1) is 11.3 Å². The highest BCUT2D eigenvalue weighted by Crippen LogP contribution is 2.27. The van der Waals surface area contributed by atoms with Gasteiger partial charge in [0.2, 0.25) is 0 Å². The second kappa shape index (κ2) is 6.02. The average Bonchev–Trinajstić information content (AvgIpc) is 2.54. The summed E-state index contributed by atoms with van der Waals surface area (Å²) in [7, 11) is 0. The number of nitrogens with zero attached hydrogens (tertiary/aromatic N) is 1. The van der Waals surface area contributed by atoms with Crippen LogP contribution in [0.1, 0.15) is 39.0 Å². The minimum Gasteiger partial charge on any atom is -0.298 e. The van der Waals surface area contributed by atoms with Crippen molar-refractivity contribution in [2.45, 2.75) is 26.7 Å². The van der Waals surface area contributed by atoms with E-state index in [-0.39, 0.29) is 5.91 Å². The molecule has 0 saturated carbocycles. The summed E-state index contributed by atoms with van der Waals surface area (Å²) in [5.74, 6) is -0.190. The second-order valence-electron chi connectivity index (χ2n) is 5.57. The van der Waals surface area contributed by atoms with Crippen LogP contribution in [0.5, 0.6) is 0 Å². The molecule has 1 aromatic carbocycles. The van der Waals surface area contributed by atoms with Gasteiger partial charge in [0.25, 0.3) is 5.91 Å². The maximum atomic E-state index is 12.1. The van der Waals surface area contributed by atoms with E-state index in [1.807, 2.05) is 0 Å². The highest BCUT2D eigenvalue weighted by molar-refractivity contribution is 5.94. The summed E-state index contributed by atoms with van der Waals surface area (Å²) >= 11 is 0. The number of allylic oxidation sites excluding steroid dienone is 1. The third-order valence-electron chi connectivity index (χ3n) is 4.01. The van der Waals surface area contributed by atoms with Gasteiger partial charge in [-0.05, 0) is 61.6 Å². The second-order valence-corrected chi connectivity index (χ2v) is 5.57. The highest BCUT2D eigenvalue weighted by Gasteiger charge is 2.15. The van der Waals surface area contributed by atoms with Gasteiger partial charge in [-0.1, -0.05) is 12.1 Å². The fourth-order valence-electron chi connectivity index (χ4n) is 2.63. The van der Waals surface area contributed by atoms with E-state index in [2.05, 4.69) is 47.9 Å². The molecule has 0 bridgehead atoms. The Balaban J connectivity index is 1.76. The minimum atomic E-state index is -0.190. The lowest BCUT2D eigenvalue weighted by atomic mass is 9.91. The molecule has 4 heteroatoms. The zero-order valence-corrected chi connectivity index (χ0v) is 12.8. The van der Waals surface area contributed by atoms with Gasteiger partial charge in [-0.25, -0.2) is 0 Å². The Hall–Kier alpha value is -2.62. The third kappa shape index (κ3) is 2.86. The average molecular weight is 293 g/mol. The van der Waals surface area contributed by atoms with E-state index in [9.17, 15) is 4.79 Å². The SMILES string of the molecule is Cc1cc2c(cc1C)C(NNC(=O)c1cccnc1)=CCC2. The molecule has 1 aromatic heterocycles. The molecular formula is C18H19N3O. The maximum absolute atomic E-state index is 12.1. The predicted molar refractivity (Wildman–Crippen MR) is 87.1 cm³/mol. The summed E-state index contributed by atoms with van der Waals surface area (Å²) in [6.07, 6.45) is 7.34. The number of amides is 1. The first-order valence-corrected chi connectivity index (χ1v) is 7.42. The van der Waals surface area contributed by atoms with Crippen LogP contribution in [0.2, 0.25) is 0 Å². The van der Waals surface area contributed by atoms with Crippen molar-refractivity contribution in [3.8, 4) is 0 Å². The van der Waals surface area contributed by atoms with Crippen LogP contribution in [0.25, 0.3) is 5.70 Å². The highest BCUT2D eigenvalue weighted by atomic mass is 16.2. The van der Waals surface area contributed by atoms with Crippen LogP contribution in [0.3, 0.4) is 0 Å². The van der Waals surface area contributed by atoms with Crippen molar-refractivity contribution in [3.05, 3.63) is 70.6 Å². The number of nitrogens with one attached hydrogen (secondary N) is 2. The van der Waals surface area contributed by atoms with E-state index in [4.69, 9.17) is 0 Å². The molecule has 22 heavy (non-hydrogen) atoms. The molecule has 0 fully saturated rings.